The second kappa shape index (κ2) is 5.45. The Morgan fingerprint density at radius 3 is 3.17 bits per heavy atom. The Balaban J connectivity index is 2.32. The highest BCUT2D eigenvalue weighted by Gasteiger charge is 2.15. The number of hydrogen-bond donors (Lipinski definition) is 0. The van der Waals surface area contributed by atoms with Crippen molar-refractivity contribution in [1.82, 2.24) is 4.90 Å². The van der Waals surface area contributed by atoms with Crippen LogP contribution >= 0.6 is 11.8 Å². The smallest absolute Gasteiger partial charge is 0.0635 e. The zero-order chi connectivity index (χ0) is 8.81. The van der Waals surface area contributed by atoms with E-state index in [1.165, 1.54) is 17.9 Å². The maximum Gasteiger partial charge on any atom is 0.0635 e. The van der Waals surface area contributed by atoms with Crippen LogP contribution in [0.25, 0.3) is 0 Å². The van der Waals surface area contributed by atoms with Gasteiger partial charge < -0.3 is 0 Å². The van der Waals surface area contributed by atoms with Crippen LogP contribution in [-0.4, -0.2) is 35.5 Å². The second-order valence-corrected chi connectivity index (χ2v) is 4.42. The van der Waals surface area contributed by atoms with Crippen LogP contribution in [0, 0.1) is 11.3 Å². The highest BCUT2D eigenvalue weighted by Crippen LogP contribution is 2.15. The van der Waals surface area contributed by atoms with Crippen molar-refractivity contribution < 1.29 is 0 Å². The van der Waals surface area contributed by atoms with Crippen LogP contribution in [0.5, 0.6) is 0 Å². The van der Waals surface area contributed by atoms with Gasteiger partial charge in [0, 0.05) is 31.3 Å². The number of nitrogens with zero attached hydrogens (tertiary/aromatic N) is 2. The molecule has 1 atom stereocenters. The van der Waals surface area contributed by atoms with E-state index in [0.29, 0.717) is 12.5 Å². The molecule has 2 nitrogen and oxygen atoms in total. The van der Waals surface area contributed by atoms with E-state index >= 15 is 0 Å². The van der Waals surface area contributed by atoms with Crippen LogP contribution in [0.2, 0.25) is 0 Å². The Kier molecular flexibility index (Phi) is 4.49. The lowest BCUT2D eigenvalue weighted by Crippen LogP contribution is -2.34. The van der Waals surface area contributed by atoms with Crippen molar-refractivity contribution in [3.63, 3.8) is 0 Å². The third-order valence-electron chi connectivity index (χ3n) is 2.34. The minimum atomic E-state index is 0.674. The molecule has 1 aliphatic heterocycles. The Morgan fingerprint density at radius 1 is 1.58 bits per heavy atom. The molecule has 0 saturated carbocycles. The van der Waals surface area contributed by atoms with Gasteiger partial charge >= 0.3 is 0 Å². The summed E-state index contributed by atoms with van der Waals surface area (Å²) in [7, 11) is 0. The van der Waals surface area contributed by atoms with E-state index in [1.807, 2.05) is 11.8 Å². The summed E-state index contributed by atoms with van der Waals surface area (Å²) in [5.41, 5.74) is 0. The molecule has 12 heavy (non-hydrogen) atoms. The van der Waals surface area contributed by atoms with Crippen molar-refractivity contribution in [2.24, 2.45) is 0 Å². The van der Waals surface area contributed by atoms with Gasteiger partial charge in [0.1, 0.15) is 0 Å². The van der Waals surface area contributed by atoms with Gasteiger partial charge in [-0.25, -0.2) is 0 Å². The lowest BCUT2D eigenvalue weighted by atomic mass is 10.2. The summed E-state index contributed by atoms with van der Waals surface area (Å²) in [6.45, 7) is 4.38. The van der Waals surface area contributed by atoms with E-state index < -0.39 is 0 Å². The molecule has 1 aliphatic rings. The van der Waals surface area contributed by atoms with Gasteiger partial charge in [0.05, 0.1) is 6.07 Å². The molecule has 0 aromatic carbocycles. The van der Waals surface area contributed by atoms with Gasteiger partial charge in [-0.2, -0.15) is 17.0 Å². The summed E-state index contributed by atoms with van der Waals surface area (Å²) in [6.07, 6.45) is 1.95. The highest BCUT2D eigenvalue weighted by atomic mass is 32.2. The Labute approximate surface area is 78.9 Å². The first-order valence-electron chi connectivity index (χ1n) is 4.53. The predicted molar refractivity (Wildman–Crippen MR) is 53.2 cm³/mol. The van der Waals surface area contributed by atoms with Gasteiger partial charge in [0.25, 0.3) is 0 Å². The van der Waals surface area contributed by atoms with E-state index in [-0.39, 0.29) is 0 Å². The molecule has 0 amide bonds. The quantitative estimate of drug-likeness (QED) is 0.654. The molecule has 1 fully saturated rings. The van der Waals surface area contributed by atoms with Crippen molar-refractivity contribution in [3.8, 4) is 6.07 Å². The predicted octanol–water partition coefficient (Wildman–Crippen LogP) is 1.73. The van der Waals surface area contributed by atoms with Gasteiger partial charge in [-0.3, -0.25) is 4.90 Å². The van der Waals surface area contributed by atoms with Crippen LogP contribution in [0.3, 0.4) is 0 Å². The van der Waals surface area contributed by atoms with Gasteiger partial charge in [0.15, 0.2) is 0 Å². The first-order valence-corrected chi connectivity index (χ1v) is 5.69. The first-order chi connectivity index (χ1) is 5.84. The molecule has 0 aromatic rings. The monoisotopic (exact) mass is 184 g/mol. The van der Waals surface area contributed by atoms with Gasteiger partial charge in [-0.15, -0.1) is 0 Å². The third kappa shape index (κ3) is 3.04. The van der Waals surface area contributed by atoms with Crippen LogP contribution in [0.1, 0.15) is 19.8 Å². The van der Waals surface area contributed by atoms with Crippen LogP contribution < -0.4 is 0 Å². The maximum atomic E-state index is 8.47. The number of hydrogen-bond acceptors (Lipinski definition) is 3. The third-order valence-corrected chi connectivity index (χ3v) is 3.33. The molecule has 0 spiro atoms. The molecule has 1 heterocycles. The average Bonchev–Trinajstić information content (AvgIpc) is 2.27. The van der Waals surface area contributed by atoms with Crippen molar-refractivity contribution in [2.45, 2.75) is 25.8 Å². The average molecular weight is 184 g/mol. The lowest BCUT2D eigenvalue weighted by molar-refractivity contribution is 0.226. The minimum Gasteiger partial charge on any atom is -0.299 e. The Hall–Kier alpha value is -0.200. The van der Waals surface area contributed by atoms with Crippen molar-refractivity contribution in [2.75, 3.05) is 24.6 Å². The minimum absolute atomic E-state index is 0.674. The van der Waals surface area contributed by atoms with E-state index in [2.05, 4.69) is 17.9 Å². The molecular weight excluding hydrogens is 168 g/mol. The van der Waals surface area contributed by atoms with Crippen molar-refractivity contribution in [1.29, 1.82) is 5.26 Å². The first kappa shape index (κ1) is 9.88. The molecular formula is C9H16N2S. The molecule has 68 valence electrons. The fraction of sp³-hybridized carbons (Fsp3) is 0.889. The molecule has 0 aromatic heterocycles. The van der Waals surface area contributed by atoms with Gasteiger partial charge in [-0.05, 0) is 19.1 Å². The van der Waals surface area contributed by atoms with E-state index in [9.17, 15) is 0 Å². The van der Waals surface area contributed by atoms with E-state index in [1.54, 1.807) is 0 Å². The molecule has 1 rings (SSSR count). The van der Waals surface area contributed by atoms with Crippen LogP contribution in [0.4, 0.5) is 0 Å². The van der Waals surface area contributed by atoms with Crippen molar-refractivity contribution in [3.05, 3.63) is 0 Å². The van der Waals surface area contributed by atoms with Gasteiger partial charge in [-0.1, -0.05) is 0 Å². The Morgan fingerprint density at radius 2 is 2.42 bits per heavy atom. The lowest BCUT2D eigenvalue weighted by Gasteiger charge is -2.25. The zero-order valence-electron chi connectivity index (χ0n) is 7.62. The fourth-order valence-corrected chi connectivity index (χ4v) is 2.54. The number of thioether (sulfide) groups is 1. The molecule has 0 bridgehead atoms. The molecule has 3 heteroatoms. The van der Waals surface area contributed by atoms with E-state index in [4.69, 9.17) is 5.26 Å². The topological polar surface area (TPSA) is 27.0 Å². The summed E-state index contributed by atoms with van der Waals surface area (Å²) in [6, 6.07) is 2.88. The van der Waals surface area contributed by atoms with E-state index in [0.717, 1.165) is 13.1 Å². The van der Waals surface area contributed by atoms with Crippen molar-refractivity contribution >= 4 is 11.8 Å². The second-order valence-electron chi connectivity index (χ2n) is 3.19. The molecule has 1 unspecified atom stereocenters. The Bertz CT molecular complexity index is 164. The maximum absolute atomic E-state index is 8.47. The summed E-state index contributed by atoms with van der Waals surface area (Å²) in [5.74, 6) is 2.51. The SMILES string of the molecule is CC1CCSCCN1CCC#N. The zero-order valence-corrected chi connectivity index (χ0v) is 8.44. The molecule has 1 saturated heterocycles. The number of nitriles is 1. The molecule has 0 radical (unpaired) electrons. The van der Waals surface area contributed by atoms with Gasteiger partial charge in [0.2, 0.25) is 0 Å². The highest BCUT2D eigenvalue weighted by molar-refractivity contribution is 7.99. The number of rotatable bonds is 2. The fourth-order valence-electron chi connectivity index (χ4n) is 1.47. The van der Waals surface area contributed by atoms with Crippen LogP contribution in [-0.2, 0) is 0 Å². The normalized spacial score (nSPS) is 26.2. The molecule has 0 aliphatic carbocycles. The standard InChI is InChI=1S/C9H16N2S/c1-9-3-7-12-8-6-11(9)5-2-4-10/h9H,2-3,5-8H2,1H3. The summed E-state index contributed by atoms with van der Waals surface area (Å²) in [4.78, 5) is 2.43. The summed E-state index contributed by atoms with van der Waals surface area (Å²) >= 11 is 2.03. The summed E-state index contributed by atoms with van der Waals surface area (Å²) < 4.78 is 0. The summed E-state index contributed by atoms with van der Waals surface area (Å²) in [5, 5.41) is 8.47. The van der Waals surface area contributed by atoms with Crippen LogP contribution in [0.15, 0.2) is 0 Å². The molecule has 0 N–H and O–H groups in total. The largest absolute Gasteiger partial charge is 0.299 e.